The van der Waals surface area contributed by atoms with Gasteiger partial charge in [-0.25, -0.2) is 14.0 Å². The number of hydrogen-bond donors (Lipinski definition) is 7. The van der Waals surface area contributed by atoms with Crippen LogP contribution < -0.4 is 32.3 Å². The summed E-state index contributed by atoms with van der Waals surface area (Å²) in [6, 6.07) is 1.43. The second-order valence-corrected chi connectivity index (χ2v) is 10.2. The molecule has 0 fully saturated rings. The van der Waals surface area contributed by atoms with Crippen LogP contribution >= 0.6 is 31.9 Å². The van der Waals surface area contributed by atoms with Gasteiger partial charge < -0.3 is 36.8 Å². The fourth-order valence-corrected chi connectivity index (χ4v) is 4.96. The molecule has 1 rings (SSSR count). The molecule has 0 saturated carbocycles. The number of primary amides is 1. The van der Waals surface area contributed by atoms with E-state index in [9.17, 15) is 33.2 Å². The molecule has 8 N–H and O–H groups in total. The molecular formula is C25H35Br2FN6O8. The monoisotopic (exact) mass is 724 g/mol. The van der Waals surface area contributed by atoms with Gasteiger partial charge >= 0.3 is 18.1 Å². The van der Waals surface area contributed by atoms with Gasteiger partial charge in [-0.2, -0.15) is 0 Å². The summed E-state index contributed by atoms with van der Waals surface area (Å²) < 4.78 is 19.3. The summed E-state index contributed by atoms with van der Waals surface area (Å²) in [7, 11) is 0. The zero-order valence-corrected chi connectivity index (χ0v) is 25.9. The molecule has 0 radical (unpaired) electrons. The topological polar surface area (TPSA) is 218 Å². The van der Waals surface area contributed by atoms with Crippen molar-refractivity contribution in [3.63, 3.8) is 0 Å². The van der Waals surface area contributed by atoms with Crippen LogP contribution in [0.5, 0.6) is 0 Å². The van der Waals surface area contributed by atoms with Crippen molar-refractivity contribution in [2.45, 2.75) is 44.6 Å². The number of nitrogens with two attached hydrogens (primary N) is 1. The average molecular weight is 726 g/mol. The summed E-state index contributed by atoms with van der Waals surface area (Å²) in [5, 5.41) is 21.4. The lowest BCUT2D eigenvalue weighted by Crippen LogP contribution is -2.47. The van der Waals surface area contributed by atoms with Crippen LogP contribution in [-0.4, -0.2) is 77.3 Å². The molecule has 0 heterocycles. The van der Waals surface area contributed by atoms with E-state index < -0.39 is 42.3 Å². The molecule has 17 heteroatoms. The van der Waals surface area contributed by atoms with Crippen LogP contribution in [0.3, 0.4) is 0 Å². The number of carbonyl (C=O) groups is 6. The van der Waals surface area contributed by atoms with Gasteiger partial charge in [-0.3, -0.25) is 24.5 Å². The van der Waals surface area contributed by atoms with Crippen LogP contribution in [0.25, 0.3) is 0 Å². The first-order valence-corrected chi connectivity index (χ1v) is 15.2. The summed E-state index contributed by atoms with van der Waals surface area (Å²) in [5.74, 6) is -3.23. The molecule has 6 amide bonds. The Morgan fingerprint density at radius 3 is 2.29 bits per heavy atom. The van der Waals surface area contributed by atoms with Gasteiger partial charge in [-0.05, 0) is 50.3 Å². The maximum atomic E-state index is 14.1. The number of carboxylic acid groups (broad SMARTS) is 1. The van der Waals surface area contributed by atoms with Crippen molar-refractivity contribution in [1.29, 1.82) is 0 Å². The zero-order chi connectivity index (χ0) is 31.5. The first kappa shape index (κ1) is 36.6. The van der Waals surface area contributed by atoms with Gasteiger partial charge in [0.25, 0.3) is 0 Å². The maximum absolute atomic E-state index is 14.1. The molecule has 234 valence electrons. The van der Waals surface area contributed by atoms with E-state index in [2.05, 4.69) is 53.1 Å². The molecule has 1 aromatic rings. The van der Waals surface area contributed by atoms with E-state index in [1.165, 1.54) is 6.07 Å². The fraction of sp³-hybridized carbons (Fsp3) is 0.520. The third-order valence-corrected chi connectivity index (χ3v) is 7.11. The molecule has 1 atom stereocenters. The zero-order valence-electron chi connectivity index (χ0n) is 22.7. The number of rotatable bonds is 19. The number of anilines is 2. The van der Waals surface area contributed by atoms with Gasteiger partial charge in [0.05, 0.1) is 24.8 Å². The molecule has 0 aliphatic carbocycles. The molecule has 0 saturated heterocycles. The lowest BCUT2D eigenvalue weighted by molar-refractivity contribution is -0.147. The number of esters is 1. The standard InChI is InChI=1S/C25H35Br2FN6O8/c26-12-15(13-27)23(38)42-10-3-1-2-6-20(35)31-14-21(36)33-19(5-4-9-30-24(29)39)22(37)32-16-7-8-18(17(28)11-16)34-25(40)41/h7-8,11,15,19,34H,1-6,9-10,12-14H2,(H,31,35)(H,32,37)(H,33,36)(H,40,41)(H3,29,30,39). The summed E-state index contributed by atoms with van der Waals surface area (Å²) in [6.45, 7) is -0.0269. The van der Waals surface area contributed by atoms with E-state index >= 15 is 0 Å². The highest BCUT2D eigenvalue weighted by molar-refractivity contribution is 9.09. The largest absolute Gasteiger partial charge is 0.465 e. The Hall–Kier alpha value is -3.47. The minimum Gasteiger partial charge on any atom is -0.465 e. The Morgan fingerprint density at radius 1 is 0.952 bits per heavy atom. The van der Waals surface area contributed by atoms with Gasteiger partial charge in [-0.1, -0.05) is 31.9 Å². The average Bonchev–Trinajstić information content (AvgIpc) is 2.92. The number of benzene rings is 1. The Morgan fingerprint density at radius 2 is 1.67 bits per heavy atom. The van der Waals surface area contributed by atoms with Crippen molar-refractivity contribution in [3.8, 4) is 0 Å². The summed E-state index contributed by atoms with van der Waals surface area (Å²) in [5.41, 5.74) is 4.73. The predicted octanol–water partition coefficient (Wildman–Crippen LogP) is 2.41. The molecule has 0 aromatic heterocycles. The van der Waals surface area contributed by atoms with Crippen LogP contribution in [0.2, 0.25) is 0 Å². The lowest BCUT2D eigenvalue weighted by atomic mass is 10.1. The molecule has 14 nitrogen and oxygen atoms in total. The van der Waals surface area contributed by atoms with E-state index in [4.69, 9.17) is 15.6 Å². The summed E-state index contributed by atoms with van der Waals surface area (Å²) in [4.78, 5) is 70.8. The second-order valence-electron chi connectivity index (χ2n) is 8.93. The first-order chi connectivity index (χ1) is 20.0. The first-order valence-electron chi connectivity index (χ1n) is 12.9. The van der Waals surface area contributed by atoms with Crippen molar-refractivity contribution in [2.24, 2.45) is 11.7 Å². The molecule has 0 aliphatic heterocycles. The van der Waals surface area contributed by atoms with Crippen molar-refractivity contribution in [2.75, 3.05) is 41.0 Å². The minimum atomic E-state index is -1.46. The van der Waals surface area contributed by atoms with Gasteiger partial charge in [-0.15, -0.1) is 0 Å². The number of carbonyl (C=O) groups excluding carboxylic acids is 5. The van der Waals surface area contributed by atoms with E-state index in [0.29, 0.717) is 29.9 Å². The van der Waals surface area contributed by atoms with Crippen LogP contribution in [0.1, 0.15) is 38.5 Å². The molecular weight excluding hydrogens is 691 g/mol. The van der Waals surface area contributed by atoms with Gasteiger partial charge in [0.15, 0.2) is 0 Å². The molecule has 0 bridgehead atoms. The second kappa shape index (κ2) is 20.4. The van der Waals surface area contributed by atoms with Crippen molar-refractivity contribution >= 4 is 79.0 Å². The Kier molecular flexibility index (Phi) is 17.8. The van der Waals surface area contributed by atoms with Crippen molar-refractivity contribution < 1.29 is 43.0 Å². The van der Waals surface area contributed by atoms with E-state index in [-0.39, 0.29) is 61.6 Å². The smallest absolute Gasteiger partial charge is 0.409 e. The number of nitrogens with one attached hydrogen (secondary N) is 5. The fourth-order valence-electron chi connectivity index (χ4n) is 3.36. The quantitative estimate of drug-likeness (QED) is 0.0637. The molecule has 0 spiro atoms. The van der Waals surface area contributed by atoms with Crippen LogP contribution in [0, 0.1) is 11.7 Å². The summed E-state index contributed by atoms with van der Waals surface area (Å²) in [6.07, 6.45) is 0.748. The molecule has 42 heavy (non-hydrogen) atoms. The number of urea groups is 1. The van der Waals surface area contributed by atoms with Crippen molar-refractivity contribution in [1.82, 2.24) is 16.0 Å². The third kappa shape index (κ3) is 15.5. The van der Waals surface area contributed by atoms with Gasteiger partial charge in [0, 0.05) is 29.3 Å². The van der Waals surface area contributed by atoms with Crippen LogP contribution in [-0.2, 0) is 23.9 Å². The highest BCUT2D eigenvalue weighted by Crippen LogP contribution is 2.19. The number of hydrogen-bond acceptors (Lipinski definition) is 7. The molecule has 1 unspecified atom stereocenters. The minimum absolute atomic E-state index is 0.0112. The number of halogens is 3. The normalized spacial score (nSPS) is 11.2. The summed E-state index contributed by atoms with van der Waals surface area (Å²) >= 11 is 6.49. The molecule has 1 aromatic carbocycles. The van der Waals surface area contributed by atoms with E-state index in [1.54, 1.807) is 0 Å². The SMILES string of the molecule is NC(=O)NCCCC(NC(=O)CNC(=O)CCCCCOC(=O)C(CBr)CBr)C(=O)Nc1ccc(NC(=O)O)c(F)c1. The number of alkyl halides is 2. The van der Waals surface area contributed by atoms with Gasteiger partial charge in [0.1, 0.15) is 11.9 Å². The molecule has 0 aliphatic rings. The number of amides is 6. The highest BCUT2D eigenvalue weighted by Gasteiger charge is 2.22. The van der Waals surface area contributed by atoms with Gasteiger partial charge in [0.2, 0.25) is 17.7 Å². The maximum Gasteiger partial charge on any atom is 0.409 e. The van der Waals surface area contributed by atoms with E-state index in [1.807, 2.05) is 5.32 Å². The van der Waals surface area contributed by atoms with Crippen molar-refractivity contribution in [3.05, 3.63) is 24.0 Å². The number of unbranched alkanes of at least 4 members (excludes halogenated alkanes) is 2. The highest BCUT2D eigenvalue weighted by atomic mass is 79.9. The third-order valence-electron chi connectivity index (χ3n) is 5.54. The van der Waals surface area contributed by atoms with E-state index in [0.717, 1.165) is 12.1 Å². The Balaban J connectivity index is 2.54. The van der Waals surface area contributed by atoms with Crippen LogP contribution in [0.4, 0.5) is 25.4 Å². The number of ether oxygens (including phenoxy) is 1. The van der Waals surface area contributed by atoms with Crippen LogP contribution in [0.15, 0.2) is 18.2 Å². The predicted molar refractivity (Wildman–Crippen MR) is 159 cm³/mol. The Bertz CT molecular complexity index is 1090. The lowest BCUT2D eigenvalue weighted by Gasteiger charge is -2.19. The Labute approximate surface area is 258 Å².